The molecule has 2 rings (SSSR count). The van der Waals surface area contributed by atoms with Gasteiger partial charge < -0.3 is 9.84 Å². The Labute approximate surface area is 101 Å². The molecule has 0 aromatic heterocycles. The molecule has 0 atom stereocenters. The quantitative estimate of drug-likeness (QED) is 0.853. The molecule has 0 unspecified atom stereocenters. The summed E-state index contributed by atoms with van der Waals surface area (Å²) in [5.74, 6) is -0.863. The third-order valence-corrected chi connectivity index (χ3v) is 2.99. The van der Waals surface area contributed by atoms with Crippen LogP contribution in [0.5, 0.6) is 0 Å². The molecule has 1 saturated heterocycles. The molecule has 17 heavy (non-hydrogen) atoms. The van der Waals surface area contributed by atoms with E-state index in [4.69, 9.17) is 9.84 Å². The van der Waals surface area contributed by atoms with Crippen LogP contribution in [-0.2, 0) is 11.2 Å². The molecule has 0 spiro atoms. The molecule has 0 saturated carbocycles. The average Bonchev–Trinajstić information content (AvgIpc) is 2.38. The lowest BCUT2D eigenvalue weighted by Crippen LogP contribution is -2.37. The largest absolute Gasteiger partial charge is 0.478 e. The molecular formula is C13H17NO3. The third-order valence-electron chi connectivity index (χ3n) is 2.99. The topological polar surface area (TPSA) is 49.8 Å². The second-order valence-electron chi connectivity index (χ2n) is 4.21. The first-order valence-electron chi connectivity index (χ1n) is 5.88. The maximum Gasteiger partial charge on any atom is 0.335 e. The Morgan fingerprint density at radius 1 is 1.35 bits per heavy atom. The van der Waals surface area contributed by atoms with Gasteiger partial charge in [-0.3, -0.25) is 4.90 Å². The van der Waals surface area contributed by atoms with Crippen molar-refractivity contribution < 1.29 is 14.6 Å². The van der Waals surface area contributed by atoms with Gasteiger partial charge in [0.05, 0.1) is 18.8 Å². The molecule has 0 bridgehead atoms. The Kier molecular flexibility index (Phi) is 4.12. The van der Waals surface area contributed by atoms with Gasteiger partial charge in [0.1, 0.15) is 0 Å². The number of rotatable bonds is 4. The zero-order valence-corrected chi connectivity index (χ0v) is 9.76. The number of carboxylic acids is 1. The molecular weight excluding hydrogens is 218 g/mol. The number of hydrogen-bond donors (Lipinski definition) is 1. The molecule has 1 aliphatic rings. The molecule has 1 N–H and O–H groups in total. The molecule has 0 radical (unpaired) electrons. The van der Waals surface area contributed by atoms with Gasteiger partial charge >= 0.3 is 5.97 Å². The number of aromatic carboxylic acids is 1. The van der Waals surface area contributed by atoms with Crippen LogP contribution in [0, 0.1) is 0 Å². The fraction of sp³-hybridized carbons (Fsp3) is 0.462. The fourth-order valence-electron chi connectivity index (χ4n) is 1.97. The highest BCUT2D eigenvalue weighted by Gasteiger charge is 2.10. The van der Waals surface area contributed by atoms with Crippen molar-refractivity contribution in [1.29, 1.82) is 0 Å². The standard InChI is InChI=1S/C13H17NO3/c15-13(16)12-3-1-2-11(10-12)4-5-14-6-8-17-9-7-14/h1-3,10H,4-9H2,(H,15,16). The van der Waals surface area contributed by atoms with E-state index in [1.807, 2.05) is 6.07 Å². The van der Waals surface area contributed by atoms with Crippen LogP contribution in [0.1, 0.15) is 15.9 Å². The Bertz CT molecular complexity index is 386. The first kappa shape index (κ1) is 12.1. The molecule has 1 aliphatic heterocycles. The maximum absolute atomic E-state index is 10.8. The van der Waals surface area contributed by atoms with Gasteiger partial charge in [-0.25, -0.2) is 4.79 Å². The Balaban J connectivity index is 1.89. The van der Waals surface area contributed by atoms with E-state index in [2.05, 4.69) is 4.90 Å². The van der Waals surface area contributed by atoms with Crippen LogP contribution in [-0.4, -0.2) is 48.8 Å². The van der Waals surface area contributed by atoms with Crippen LogP contribution in [0.15, 0.2) is 24.3 Å². The lowest BCUT2D eigenvalue weighted by atomic mass is 10.1. The summed E-state index contributed by atoms with van der Waals surface area (Å²) < 4.78 is 5.28. The summed E-state index contributed by atoms with van der Waals surface area (Å²) in [5, 5.41) is 8.90. The highest BCUT2D eigenvalue weighted by molar-refractivity contribution is 5.87. The van der Waals surface area contributed by atoms with E-state index in [1.54, 1.807) is 18.2 Å². The van der Waals surface area contributed by atoms with E-state index in [-0.39, 0.29) is 0 Å². The molecule has 1 aromatic rings. The van der Waals surface area contributed by atoms with Gasteiger partial charge in [0.2, 0.25) is 0 Å². The second kappa shape index (κ2) is 5.80. The summed E-state index contributed by atoms with van der Waals surface area (Å²) in [6.45, 7) is 4.51. The van der Waals surface area contributed by atoms with E-state index in [0.717, 1.165) is 44.8 Å². The fourth-order valence-corrected chi connectivity index (χ4v) is 1.97. The Morgan fingerprint density at radius 3 is 2.82 bits per heavy atom. The summed E-state index contributed by atoms with van der Waals surface area (Å²) in [7, 11) is 0. The number of carboxylic acid groups (broad SMARTS) is 1. The van der Waals surface area contributed by atoms with Crippen LogP contribution in [0.25, 0.3) is 0 Å². The summed E-state index contributed by atoms with van der Waals surface area (Å²) >= 11 is 0. The minimum absolute atomic E-state index is 0.365. The van der Waals surface area contributed by atoms with E-state index < -0.39 is 5.97 Å². The van der Waals surface area contributed by atoms with Crippen molar-refractivity contribution in [3.05, 3.63) is 35.4 Å². The van der Waals surface area contributed by atoms with Gasteiger partial charge in [-0.15, -0.1) is 0 Å². The van der Waals surface area contributed by atoms with Crippen LogP contribution >= 0.6 is 0 Å². The average molecular weight is 235 g/mol. The summed E-state index contributed by atoms with van der Waals surface area (Å²) in [5.41, 5.74) is 1.45. The monoisotopic (exact) mass is 235 g/mol. The molecule has 4 nitrogen and oxygen atoms in total. The van der Waals surface area contributed by atoms with Gasteiger partial charge in [0, 0.05) is 19.6 Å². The number of benzene rings is 1. The van der Waals surface area contributed by atoms with Gasteiger partial charge in [-0.2, -0.15) is 0 Å². The molecule has 1 aromatic carbocycles. The van der Waals surface area contributed by atoms with Gasteiger partial charge in [0.25, 0.3) is 0 Å². The first-order valence-corrected chi connectivity index (χ1v) is 5.88. The molecule has 4 heteroatoms. The van der Waals surface area contributed by atoms with Crippen molar-refractivity contribution in [2.45, 2.75) is 6.42 Å². The third kappa shape index (κ3) is 3.54. The lowest BCUT2D eigenvalue weighted by Gasteiger charge is -2.26. The normalized spacial score (nSPS) is 16.9. The second-order valence-corrected chi connectivity index (χ2v) is 4.21. The molecule has 0 aliphatic carbocycles. The number of ether oxygens (including phenoxy) is 1. The van der Waals surface area contributed by atoms with Gasteiger partial charge in [-0.1, -0.05) is 12.1 Å². The first-order chi connectivity index (χ1) is 8.25. The number of nitrogens with zero attached hydrogens (tertiary/aromatic N) is 1. The van der Waals surface area contributed by atoms with E-state index in [0.29, 0.717) is 5.56 Å². The number of hydrogen-bond acceptors (Lipinski definition) is 3. The van der Waals surface area contributed by atoms with Crippen LogP contribution in [0.4, 0.5) is 0 Å². The number of carbonyl (C=O) groups is 1. The predicted octanol–water partition coefficient (Wildman–Crippen LogP) is 1.26. The maximum atomic E-state index is 10.8. The van der Waals surface area contributed by atoms with Gasteiger partial charge in [-0.05, 0) is 24.1 Å². The molecule has 1 heterocycles. The van der Waals surface area contributed by atoms with E-state index in [9.17, 15) is 4.79 Å². The van der Waals surface area contributed by atoms with Crippen LogP contribution in [0.2, 0.25) is 0 Å². The van der Waals surface area contributed by atoms with Crippen molar-refractivity contribution in [3.8, 4) is 0 Å². The SMILES string of the molecule is O=C(O)c1cccc(CCN2CCOCC2)c1. The highest BCUT2D eigenvalue weighted by atomic mass is 16.5. The van der Waals surface area contributed by atoms with Crippen LogP contribution in [0.3, 0.4) is 0 Å². The zero-order chi connectivity index (χ0) is 12.1. The zero-order valence-electron chi connectivity index (χ0n) is 9.76. The van der Waals surface area contributed by atoms with Crippen LogP contribution < -0.4 is 0 Å². The molecule has 92 valence electrons. The Hall–Kier alpha value is -1.39. The minimum atomic E-state index is -0.863. The highest BCUT2D eigenvalue weighted by Crippen LogP contribution is 2.07. The van der Waals surface area contributed by atoms with Crippen molar-refractivity contribution in [2.24, 2.45) is 0 Å². The van der Waals surface area contributed by atoms with Crippen molar-refractivity contribution in [2.75, 3.05) is 32.8 Å². The van der Waals surface area contributed by atoms with Gasteiger partial charge in [0.15, 0.2) is 0 Å². The van der Waals surface area contributed by atoms with Crippen molar-refractivity contribution >= 4 is 5.97 Å². The Morgan fingerprint density at radius 2 is 2.12 bits per heavy atom. The smallest absolute Gasteiger partial charge is 0.335 e. The predicted molar refractivity (Wildman–Crippen MR) is 64.4 cm³/mol. The minimum Gasteiger partial charge on any atom is -0.478 e. The summed E-state index contributed by atoms with van der Waals surface area (Å²) in [4.78, 5) is 13.2. The van der Waals surface area contributed by atoms with Crippen molar-refractivity contribution in [3.63, 3.8) is 0 Å². The number of morpholine rings is 1. The van der Waals surface area contributed by atoms with Crippen molar-refractivity contribution in [1.82, 2.24) is 4.90 Å². The lowest BCUT2D eigenvalue weighted by molar-refractivity contribution is 0.0384. The van der Waals surface area contributed by atoms with E-state index >= 15 is 0 Å². The molecule has 0 amide bonds. The summed E-state index contributed by atoms with van der Waals surface area (Å²) in [6, 6.07) is 7.16. The van der Waals surface area contributed by atoms with E-state index in [1.165, 1.54) is 0 Å². The summed E-state index contributed by atoms with van der Waals surface area (Å²) in [6.07, 6.45) is 0.890. The molecule has 1 fully saturated rings.